The molecule has 2 aromatic heterocycles. The van der Waals surface area contributed by atoms with Crippen molar-refractivity contribution in [1.82, 2.24) is 0 Å². The van der Waals surface area contributed by atoms with Gasteiger partial charge in [-0.05, 0) is 17.2 Å². The maximum Gasteiger partial charge on any atom is 0.573 e. The van der Waals surface area contributed by atoms with Gasteiger partial charge in [-0.2, -0.15) is 9.13 Å². The zero-order valence-electron chi connectivity index (χ0n) is 17.6. The molecule has 0 radical (unpaired) electrons. The van der Waals surface area contributed by atoms with Crippen LogP contribution in [0.3, 0.4) is 0 Å². The number of nitrogens with zero attached hydrogens (tertiary/aromatic N) is 4. The van der Waals surface area contributed by atoms with Crippen LogP contribution in [0.1, 0.15) is 0 Å². The van der Waals surface area contributed by atoms with Gasteiger partial charge < -0.3 is 4.74 Å². The highest BCUT2D eigenvalue weighted by molar-refractivity contribution is 5.61. The van der Waals surface area contributed by atoms with Gasteiger partial charge in [0.2, 0.25) is 5.75 Å². The van der Waals surface area contributed by atoms with Crippen molar-refractivity contribution in [1.29, 1.82) is 0 Å². The van der Waals surface area contributed by atoms with Gasteiger partial charge in [0.05, 0.1) is 9.85 Å². The van der Waals surface area contributed by atoms with Crippen LogP contribution >= 0.6 is 0 Å². The number of pyridine rings is 2. The minimum atomic E-state index is -4.82. The molecule has 0 N–H and O–H groups in total. The van der Waals surface area contributed by atoms with Gasteiger partial charge in [-0.15, -0.1) is 13.2 Å². The zero-order valence-corrected chi connectivity index (χ0v) is 17.6. The first kappa shape index (κ1) is 23.3. The molecule has 9 nitrogen and oxygen atoms in total. The Kier molecular flexibility index (Phi) is 6.10. The van der Waals surface area contributed by atoms with Crippen LogP contribution in [-0.2, 0) is 0 Å². The topological polar surface area (TPSA) is 103 Å². The highest BCUT2D eigenvalue weighted by Crippen LogP contribution is 2.27. The molecule has 0 fully saturated rings. The third-order valence-corrected chi connectivity index (χ3v) is 5.01. The lowest BCUT2D eigenvalue weighted by molar-refractivity contribution is -0.600. The van der Waals surface area contributed by atoms with Gasteiger partial charge in [0, 0.05) is 42.5 Å². The van der Waals surface area contributed by atoms with E-state index in [2.05, 4.69) is 4.74 Å². The van der Waals surface area contributed by atoms with E-state index in [1.165, 1.54) is 39.5 Å². The number of hydrogen-bond donors (Lipinski definition) is 0. The Balaban J connectivity index is 1.62. The SMILES string of the molecule is O=[N+]([O-])c1ccc(-[n+]2ccc(-c3cc[n+](-c4ccccc4OC(F)(F)F)cc3)cc2)c([N+](=O)[O-])c1. The Morgan fingerprint density at radius 1 is 0.714 bits per heavy atom. The van der Waals surface area contributed by atoms with Crippen molar-refractivity contribution in [3.05, 3.63) is 112 Å². The second-order valence-corrected chi connectivity index (χ2v) is 7.19. The van der Waals surface area contributed by atoms with Crippen LogP contribution < -0.4 is 13.9 Å². The third-order valence-electron chi connectivity index (χ3n) is 5.01. The number of aromatic nitrogens is 2. The second-order valence-electron chi connectivity index (χ2n) is 7.19. The van der Waals surface area contributed by atoms with Gasteiger partial charge >= 0.3 is 12.0 Å². The van der Waals surface area contributed by atoms with Crippen molar-refractivity contribution in [2.45, 2.75) is 6.36 Å². The molecule has 0 amide bonds. The number of hydrogen-bond acceptors (Lipinski definition) is 5. The molecule has 12 heteroatoms. The van der Waals surface area contributed by atoms with Crippen LogP contribution in [0, 0.1) is 20.2 Å². The van der Waals surface area contributed by atoms with E-state index in [1.807, 2.05) is 0 Å². The number of non-ortho nitro benzene ring substituents is 1. The van der Waals surface area contributed by atoms with Crippen molar-refractivity contribution in [3.63, 3.8) is 0 Å². The maximum absolute atomic E-state index is 12.7. The van der Waals surface area contributed by atoms with Crippen molar-refractivity contribution >= 4 is 11.4 Å². The number of nitro benzene ring substituents is 2. The van der Waals surface area contributed by atoms with E-state index in [1.54, 1.807) is 55.1 Å². The van der Waals surface area contributed by atoms with E-state index in [9.17, 15) is 33.4 Å². The molecule has 0 bridgehead atoms. The summed E-state index contributed by atoms with van der Waals surface area (Å²) in [6.07, 6.45) is 1.47. The summed E-state index contributed by atoms with van der Waals surface area (Å²) >= 11 is 0. The van der Waals surface area contributed by atoms with Crippen LogP contribution in [0.4, 0.5) is 24.5 Å². The number of nitro groups is 2. The van der Waals surface area contributed by atoms with Crippen molar-refractivity contribution in [3.8, 4) is 28.3 Å². The van der Waals surface area contributed by atoms with Gasteiger partial charge in [-0.3, -0.25) is 20.2 Å². The maximum atomic E-state index is 12.7. The Labute approximate surface area is 195 Å². The van der Waals surface area contributed by atoms with Crippen LogP contribution in [0.25, 0.3) is 22.5 Å². The Morgan fingerprint density at radius 2 is 1.26 bits per heavy atom. The Bertz CT molecular complexity index is 1410. The number of para-hydroxylation sites is 2. The molecule has 0 saturated heterocycles. The average molecular weight is 484 g/mol. The molecule has 2 aromatic carbocycles. The fourth-order valence-electron chi connectivity index (χ4n) is 3.43. The predicted octanol–water partition coefficient (Wildman–Crippen LogP) is 4.62. The molecule has 0 aliphatic rings. The standard InChI is InChI=1S/C23H15F3N4O5/c24-23(25,26)35-22-4-2-1-3-20(22)28-13-9-17(10-14-28)16-7-11-27(12-8-16)19-6-5-18(29(31)32)15-21(19)30(33)34/h1-15H/q+2. The van der Waals surface area contributed by atoms with Gasteiger partial charge in [0.15, 0.2) is 24.8 Å². The number of rotatable bonds is 6. The summed E-state index contributed by atoms with van der Waals surface area (Å²) in [5, 5.41) is 22.3. The van der Waals surface area contributed by atoms with E-state index in [-0.39, 0.29) is 17.1 Å². The van der Waals surface area contributed by atoms with Crippen LogP contribution in [0.2, 0.25) is 0 Å². The Morgan fingerprint density at radius 3 is 1.77 bits per heavy atom. The molecule has 0 saturated carbocycles. The highest BCUT2D eigenvalue weighted by atomic mass is 19.4. The van der Waals surface area contributed by atoms with Crippen LogP contribution in [0.15, 0.2) is 91.5 Å². The summed E-state index contributed by atoms with van der Waals surface area (Å²) in [5.41, 5.74) is 1.01. The normalized spacial score (nSPS) is 11.2. The minimum absolute atomic E-state index is 0.152. The van der Waals surface area contributed by atoms with Crippen LogP contribution in [0.5, 0.6) is 5.75 Å². The first-order chi connectivity index (χ1) is 16.6. The predicted molar refractivity (Wildman–Crippen MR) is 115 cm³/mol. The molecule has 0 unspecified atom stereocenters. The molecule has 35 heavy (non-hydrogen) atoms. The van der Waals surface area contributed by atoms with E-state index in [0.717, 1.165) is 17.2 Å². The summed E-state index contributed by atoms with van der Waals surface area (Å²) < 4.78 is 45.1. The number of ether oxygens (including phenoxy) is 1. The third kappa shape index (κ3) is 5.21. The largest absolute Gasteiger partial charge is 0.573 e. The smallest absolute Gasteiger partial charge is 0.399 e. The minimum Gasteiger partial charge on any atom is -0.399 e. The first-order valence-electron chi connectivity index (χ1n) is 9.94. The summed E-state index contributed by atoms with van der Waals surface area (Å²) in [4.78, 5) is 20.9. The monoisotopic (exact) mass is 484 g/mol. The quantitative estimate of drug-likeness (QED) is 0.226. The molecule has 0 aliphatic carbocycles. The summed E-state index contributed by atoms with van der Waals surface area (Å²) in [7, 11) is 0. The van der Waals surface area contributed by atoms with Crippen molar-refractivity contribution in [2.24, 2.45) is 0 Å². The average Bonchev–Trinajstić information content (AvgIpc) is 2.83. The molecular weight excluding hydrogens is 469 g/mol. The van der Waals surface area contributed by atoms with Crippen molar-refractivity contribution < 1.29 is 36.9 Å². The molecular formula is C23H15F3N4O5+2. The lowest BCUT2D eigenvalue weighted by Crippen LogP contribution is -2.31. The summed E-state index contributed by atoms with van der Waals surface area (Å²) in [6.45, 7) is 0. The Hall–Kier alpha value is -4.87. The molecule has 0 atom stereocenters. The molecule has 4 aromatic rings. The number of halogens is 3. The van der Waals surface area contributed by atoms with Gasteiger partial charge in [-0.25, -0.2) is 0 Å². The van der Waals surface area contributed by atoms with Gasteiger partial charge in [0.1, 0.15) is 6.07 Å². The van der Waals surface area contributed by atoms with E-state index in [0.29, 0.717) is 0 Å². The fourth-order valence-corrected chi connectivity index (χ4v) is 3.43. The number of alkyl halides is 3. The fraction of sp³-hybridized carbons (Fsp3) is 0.0435. The molecule has 4 rings (SSSR count). The van der Waals surface area contributed by atoms with E-state index >= 15 is 0 Å². The highest BCUT2D eigenvalue weighted by Gasteiger charge is 2.33. The number of benzene rings is 2. The second kappa shape index (κ2) is 9.17. The zero-order chi connectivity index (χ0) is 25.2. The van der Waals surface area contributed by atoms with E-state index in [4.69, 9.17) is 0 Å². The molecule has 176 valence electrons. The molecule has 2 heterocycles. The van der Waals surface area contributed by atoms with Gasteiger partial charge in [0.25, 0.3) is 17.1 Å². The van der Waals surface area contributed by atoms with E-state index < -0.39 is 27.6 Å². The first-order valence-corrected chi connectivity index (χ1v) is 9.94. The van der Waals surface area contributed by atoms with Crippen LogP contribution in [-0.4, -0.2) is 16.2 Å². The molecule has 0 spiro atoms. The molecule has 0 aliphatic heterocycles. The van der Waals surface area contributed by atoms with Gasteiger partial charge in [-0.1, -0.05) is 12.1 Å². The summed E-state index contributed by atoms with van der Waals surface area (Å²) in [5.74, 6) is -0.344. The lowest BCUT2D eigenvalue weighted by atomic mass is 10.1. The lowest BCUT2D eigenvalue weighted by Gasteiger charge is -2.09. The van der Waals surface area contributed by atoms with Crippen molar-refractivity contribution in [2.75, 3.05) is 0 Å². The summed E-state index contributed by atoms with van der Waals surface area (Å²) in [6, 6.07) is 15.9.